The molecular formula is C7H8BrClN2O. The maximum absolute atomic E-state index is 11.3. The molecule has 0 radical (unpaired) electrons. The van der Waals surface area contributed by atoms with Gasteiger partial charge in [0.25, 0.3) is 5.56 Å². The minimum absolute atomic E-state index is 0.107. The lowest BCUT2D eigenvalue weighted by atomic mass is 10.4. The maximum atomic E-state index is 11.3. The minimum atomic E-state index is -0.107. The molecule has 0 aliphatic rings. The zero-order valence-corrected chi connectivity index (χ0v) is 8.60. The van der Waals surface area contributed by atoms with Gasteiger partial charge in [-0.15, -0.1) is 0 Å². The van der Waals surface area contributed by atoms with Crippen LogP contribution in [0.15, 0.2) is 21.5 Å². The molecule has 0 bridgehead atoms. The molecule has 0 saturated heterocycles. The van der Waals surface area contributed by atoms with Crippen molar-refractivity contribution in [2.45, 2.75) is 6.54 Å². The van der Waals surface area contributed by atoms with E-state index in [1.54, 1.807) is 12.3 Å². The van der Waals surface area contributed by atoms with Crippen LogP contribution >= 0.6 is 27.5 Å². The van der Waals surface area contributed by atoms with E-state index in [1.165, 1.54) is 4.57 Å². The zero-order valence-electron chi connectivity index (χ0n) is 6.26. The first-order valence-corrected chi connectivity index (χ1v) is 4.58. The van der Waals surface area contributed by atoms with Crippen molar-refractivity contribution in [1.82, 2.24) is 4.57 Å². The van der Waals surface area contributed by atoms with Gasteiger partial charge in [-0.3, -0.25) is 4.79 Å². The summed E-state index contributed by atoms with van der Waals surface area (Å²) < 4.78 is 1.94. The van der Waals surface area contributed by atoms with Crippen molar-refractivity contribution >= 4 is 27.5 Å². The van der Waals surface area contributed by atoms with Crippen molar-refractivity contribution in [3.8, 4) is 0 Å². The lowest BCUT2D eigenvalue weighted by molar-refractivity contribution is 0.678. The quantitative estimate of drug-likeness (QED) is 0.859. The minimum Gasteiger partial charge on any atom is -0.329 e. The van der Waals surface area contributed by atoms with Crippen molar-refractivity contribution in [3.05, 3.63) is 32.1 Å². The van der Waals surface area contributed by atoms with E-state index >= 15 is 0 Å². The summed E-state index contributed by atoms with van der Waals surface area (Å²) >= 11 is 8.84. The maximum Gasteiger partial charge on any atom is 0.264 e. The van der Waals surface area contributed by atoms with Gasteiger partial charge in [-0.25, -0.2) is 0 Å². The van der Waals surface area contributed by atoms with Crippen LogP contribution in [-0.4, -0.2) is 11.1 Å². The Morgan fingerprint density at radius 3 is 2.92 bits per heavy atom. The molecule has 0 atom stereocenters. The number of halogens is 2. The van der Waals surface area contributed by atoms with Crippen LogP contribution < -0.4 is 11.3 Å². The van der Waals surface area contributed by atoms with Crippen molar-refractivity contribution in [2.75, 3.05) is 6.54 Å². The molecule has 1 heterocycles. The average molecular weight is 252 g/mol. The number of pyridine rings is 1. The molecule has 12 heavy (non-hydrogen) atoms. The van der Waals surface area contributed by atoms with Crippen LogP contribution in [0.25, 0.3) is 0 Å². The summed E-state index contributed by atoms with van der Waals surface area (Å²) in [7, 11) is 0. The number of nitrogens with zero attached hydrogens (tertiary/aromatic N) is 1. The van der Waals surface area contributed by atoms with Gasteiger partial charge in [0.15, 0.2) is 0 Å². The molecule has 1 aromatic rings. The molecule has 5 heteroatoms. The van der Waals surface area contributed by atoms with Crippen molar-refractivity contribution in [3.63, 3.8) is 0 Å². The summed E-state index contributed by atoms with van der Waals surface area (Å²) in [5.74, 6) is 0. The normalized spacial score (nSPS) is 10.2. The molecule has 0 aliphatic carbocycles. The van der Waals surface area contributed by atoms with E-state index in [0.29, 0.717) is 22.6 Å². The summed E-state index contributed by atoms with van der Waals surface area (Å²) in [6.07, 6.45) is 1.57. The average Bonchev–Trinajstić information content (AvgIpc) is 2.00. The Bertz CT molecular complexity index is 337. The molecule has 0 saturated carbocycles. The molecular weight excluding hydrogens is 243 g/mol. The van der Waals surface area contributed by atoms with Crippen LogP contribution in [0.3, 0.4) is 0 Å². The van der Waals surface area contributed by atoms with Gasteiger partial charge in [-0.1, -0.05) is 11.6 Å². The number of rotatable bonds is 2. The van der Waals surface area contributed by atoms with Crippen LogP contribution in [0, 0.1) is 0 Å². The van der Waals surface area contributed by atoms with E-state index in [4.69, 9.17) is 17.3 Å². The number of aromatic nitrogens is 1. The predicted octanol–water partition coefficient (Wildman–Crippen LogP) is 1.22. The Morgan fingerprint density at radius 1 is 1.67 bits per heavy atom. The Hall–Kier alpha value is -0.320. The van der Waals surface area contributed by atoms with Crippen molar-refractivity contribution in [1.29, 1.82) is 0 Å². The first kappa shape index (κ1) is 9.77. The standard InChI is InChI=1S/C7H8BrClN2O/c8-6-3-5(9)4-11(2-1-10)7(6)12/h3-4H,1-2,10H2. The smallest absolute Gasteiger partial charge is 0.264 e. The second kappa shape index (κ2) is 4.07. The molecule has 0 aromatic carbocycles. The van der Waals surface area contributed by atoms with Gasteiger partial charge in [0.2, 0.25) is 0 Å². The third-order valence-electron chi connectivity index (χ3n) is 1.38. The van der Waals surface area contributed by atoms with Crippen LogP contribution in [0.4, 0.5) is 0 Å². The highest BCUT2D eigenvalue weighted by Gasteiger charge is 2.01. The van der Waals surface area contributed by atoms with E-state index in [-0.39, 0.29) is 5.56 Å². The monoisotopic (exact) mass is 250 g/mol. The summed E-state index contributed by atoms with van der Waals surface area (Å²) in [5.41, 5.74) is 5.20. The molecule has 0 fully saturated rings. The lowest BCUT2D eigenvalue weighted by Gasteiger charge is -2.03. The van der Waals surface area contributed by atoms with Gasteiger partial charge in [0.1, 0.15) is 0 Å². The molecule has 66 valence electrons. The summed E-state index contributed by atoms with van der Waals surface area (Å²) in [5, 5.41) is 0.523. The molecule has 2 N–H and O–H groups in total. The molecule has 0 aliphatic heterocycles. The van der Waals surface area contributed by atoms with Gasteiger partial charge >= 0.3 is 0 Å². The first-order valence-electron chi connectivity index (χ1n) is 3.40. The Labute approximate surface area is 83.3 Å². The van der Waals surface area contributed by atoms with E-state index in [2.05, 4.69) is 15.9 Å². The molecule has 0 spiro atoms. The van der Waals surface area contributed by atoms with Crippen LogP contribution in [0.5, 0.6) is 0 Å². The molecule has 3 nitrogen and oxygen atoms in total. The molecule has 1 aromatic heterocycles. The van der Waals surface area contributed by atoms with Crippen LogP contribution in [0.1, 0.15) is 0 Å². The largest absolute Gasteiger partial charge is 0.329 e. The van der Waals surface area contributed by atoms with E-state index in [9.17, 15) is 4.79 Å². The molecule has 1 rings (SSSR count). The topological polar surface area (TPSA) is 48.0 Å². The SMILES string of the molecule is NCCn1cc(Cl)cc(Br)c1=O. The molecule has 0 amide bonds. The second-order valence-electron chi connectivity index (χ2n) is 2.29. The highest BCUT2D eigenvalue weighted by Crippen LogP contribution is 2.11. The first-order chi connectivity index (χ1) is 5.65. The van der Waals surface area contributed by atoms with Crippen LogP contribution in [0.2, 0.25) is 5.02 Å². The lowest BCUT2D eigenvalue weighted by Crippen LogP contribution is -2.23. The third kappa shape index (κ3) is 2.09. The fourth-order valence-electron chi connectivity index (χ4n) is 0.870. The van der Waals surface area contributed by atoms with E-state index in [0.717, 1.165) is 0 Å². The Balaban J connectivity index is 3.19. The highest BCUT2D eigenvalue weighted by molar-refractivity contribution is 9.10. The number of hydrogen-bond donors (Lipinski definition) is 1. The third-order valence-corrected chi connectivity index (χ3v) is 2.15. The fourth-order valence-corrected chi connectivity index (χ4v) is 1.70. The summed E-state index contributed by atoms with van der Waals surface area (Å²) in [6, 6.07) is 1.57. The molecule has 0 unspecified atom stereocenters. The predicted molar refractivity (Wildman–Crippen MR) is 52.5 cm³/mol. The zero-order chi connectivity index (χ0) is 9.14. The second-order valence-corrected chi connectivity index (χ2v) is 3.58. The summed E-state index contributed by atoms with van der Waals surface area (Å²) in [4.78, 5) is 11.3. The van der Waals surface area contributed by atoms with Gasteiger partial charge in [-0.05, 0) is 22.0 Å². The van der Waals surface area contributed by atoms with Gasteiger partial charge in [-0.2, -0.15) is 0 Å². The Morgan fingerprint density at radius 2 is 2.33 bits per heavy atom. The number of nitrogens with two attached hydrogens (primary N) is 1. The van der Waals surface area contributed by atoms with Crippen molar-refractivity contribution in [2.24, 2.45) is 5.73 Å². The van der Waals surface area contributed by atoms with Crippen molar-refractivity contribution < 1.29 is 0 Å². The Kier molecular flexibility index (Phi) is 3.31. The van der Waals surface area contributed by atoms with E-state index < -0.39 is 0 Å². The highest BCUT2D eigenvalue weighted by atomic mass is 79.9. The van der Waals surface area contributed by atoms with Gasteiger partial charge in [0, 0.05) is 19.3 Å². The fraction of sp³-hybridized carbons (Fsp3) is 0.286. The van der Waals surface area contributed by atoms with E-state index in [1.807, 2.05) is 0 Å². The number of hydrogen-bond acceptors (Lipinski definition) is 2. The summed E-state index contributed by atoms with van der Waals surface area (Å²) in [6.45, 7) is 0.907. The van der Waals surface area contributed by atoms with Gasteiger partial charge in [0.05, 0.1) is 9.50 Å². The van der Waals surface area contributed by atoms with Gasteiger partial charge < -0.3 is 10.3 Å². The van der Waals surface area contributed by atoms with Crippen LogP contribution in [-0.2, 0) is 6.54 Å².